The Morgan fingerprint density at radius 2 is 1.30 bits per heavy atom. The third kappa shape index (κ3) is 14.9. The van der Waals surface area contributed by atoms with Crippen molar-refractivity contribution in [2.45, 2.75) is 64.5 Å². The Labute approximate surface area is 232 Å². The van der Waals surface area contributed by atoms with E-state index in [9.17, 15) is 27.6 Å². The van der Waals surface area contributed by atoms with Crippen molar-refractivity contribution in [1.29, 1.82) is 0 Å². The molecule has 2 aromatic carbocycles. The normalized spacial score (nSPS) is 11.3. The smallest absolute Gasteiger partial charge is 0.389 e. The van der Waals surface area contributed by atoms with E-state index in [0.717, 1.165) is 44.1 Å². The molecule has 0 saturated heterocycles. The molecule has 0 fully saturated rings. The van der Waals surface area contributed by atoms with Crippen molar-refractivity contribution in [2.24, 2.45) is 0 Å². The lowest BCUT2D eigenvalue weighted by molar-refractivity contribution is -0.141. The van der Waals surface area contributed by atoms with Crippen LogP contribution >= 0.6 is 0 Å². The van der Waals surface area contributed by atoms with Crippen molar-refractivity contribution < 1.29 is 46.5 Å². The van der Waals surface area contributed by atoms with E-state index < -0.39 is 24.5 Å². The number of rotatable bonds is 17. The van der Waals surface area contributed by atoms with E-state index in [4.69, 9.17) is 18.9 Å². The highest BCUT2D eigenvalue weighted by molar-refractivity contribution is 5.91. The zero-order valence-electron chi connectivity index (χ0n) is 22.5. The lowest BCUT2D eigenvalue weighted by Gasteiger charge is -2.09. The molecule has 40 heavy (non-hydrogen) atoms. The predicted octanol–water partition coefficient (Wildman–Crippen LogP) is 7.09. The standard InChI is InChI=1S/C30H35F3O7/c1-23(34)37-20-6-4-2-3-5-7-21-39-28(35)18-11-24-9-14-27(15-10-24)40-29(36)25-12-16-26(17-13-25)38-22-8-19-30(31,32)33/h9-18H,2-8,19-22H2,1H3/b18-11+. The highest BCUT2D eigenvalue weighted by Gasteiger charge is 2.26. The molecule has 0 atom stereocenters. The van der Waals surface area contributed by atoms with Gasteiger partial charge >= 0.3 is 24.1 Å². The van der Waals surface area contributed by atoms with Crippen molar-refractivity contribution in [1.82, 2.24) is 0 Å². The molecule has 0 aromatic heterocycles. The van der Waals surface area contributed by atoms with Crippen LogP contribution in [0.3, 0.4) is 0 Å². The van der Waals surface area contributed by atoms with Gasteiger partial charge in [0.1, 0.15) is 11.5 Å². The number of esters is 3. The molecule has 0 aliphatic rings. The lowest BCUT2D eigenvalue weighted by atomic mass is 10.1. The van der Waals surface area contributed by atoms with Gasteiger partial charge in [0.05, 0.1) is 25.4 Å². The van der Waals surface area contributed by atoms with E-state index in [1.807, 2.05) is 0 Å². The maximum absolute atomic E-state index is 12.4. The average Bonchev–Trinajstić information content (AvgIpc) is 2.91. The van der Waals surface area contributed by atoms with Crippen LogP contribution in [0, 0.1) is 0 Å². The SMILES string of the molecule is CC(=O)OCCCCCCCCOC(=O)/C=C/c1ccc(OC(=O)c2ccc(OCCCC(F)(F)F)cc2)cc1. The molecule has 2 aromatic rings. The fraction of sp³-hybridized carbons (Fsp3) is 0.433. The topological polar surface area (TPSA) is 88.1 Å². The second kappa shape index (κ2) is 17.7. The van der Waals surface area contributed by atoms with Crippen LogP contribution in [0.15, 0.2) is 54.6 Å². The molecular formula is C30H35F3O7. The van der Waals surface area contributed by atoms with Crippen LogP contribution in [-0.2, 0) is 19.1 Å². The minimum atomic E-state index is -4.21. The molecule has 0 heterocycles. The summed E-state index contributed by atoms with van der Waals surface area (Å²) in [5, 5.41) is 0. The Balaban J connectivity index is 1.63. The van der Waals surface area contributed by atoms with Gasteiger partial charge in [0, 0.05) is 19.4 Å². The van der Waals surface area contributed by atoms with E-state index in [2.05, 4.69) is 0 Å². The van der Waals surface area contributed by atoms with Crippen molar-refractivity contribution >= 4 is 24.0 Å². The highest BCUT2D eigenvalue weighted by atomic mass is 19.4. The third-order valence-corrected chi connectivity index (χ3v) is 5.55. The average molecular weight is 565 g/mol. The molecule has 0 unspecified atom stereocenters. The Morgan fingerprint density at radius 1 is 0.725 bits per heavy atom. The van der Waals surface area contributed by atoms with Gasteiger partial charge in [0.2, 0.25) is 0 Å². The van der Waals surface area contributed by atoms with E-state index in [-0.39, 0.29) is 24.6 Å². The first kappa shape index (κ1) is 32.4. The molecule has 7 nitrogen and oxygen atoms in total. The van der Waals surface area contributed by atoms with Crippen LogP contribution < -0.4 is 9.47 Å². The van der Waals surface area contributed by atoms with Gasteiger partial charge in [-0.3, -0.25) is 4.79 Å². The summed E-state index contributed by atoms with van der Waals surface area (Å²) in [4.78, 5) is 34.9. The second-order valence-electron chi connectivity index (χ2n) is 9.01. The highest BCUT2D eigenvalue weighted by Crippen LogP contribution is 2.22. The van der Waals surface area contributed by atoms with Gasteiger partial charge in [-0.05, 0) is 67.3 Å². The summed E-state index contributed by atoms with van der Waals surface area (Å²) in [7, 11) is 0. The summed E-state index contributed by atoms with van der Waals surface area (Å²) in [5.74, 6) is -0.628. The summed E-state index contributed by atoms with van der Waals surface area (Å²) < 4.78 is 57.2. The van der Waals surface area contributed by atoms with Crippen molar-refractivity contribution in [3.05, 3.63) is 65.7 Å². The van der Waals surface area contributed by atoms with E-state index in [1.165, 1.54) is 37.3 Å². The number of hydrogen-bond acceptors (Lipinski definition) is 7. The molecule has 10 heteroatoms. The van der Waals surface area contributed by atoms with Crippen LogP contribution in [0.25, 0.3) is 6.08 Å². The molecule has 0 aliphatic heterocycles. The van der Waals surface area contributed by atoms with Gasteiger partial charge in [0.15, 0.2) is 0 Å². The Morgan fingerprint density at radius 3 is 1.90 bits per heavy atom. The van der Waals surface area contributed by atoms with Crippen molar-refractivity contribution in [3.8, 4) is 11.5 Å². The molecule has 218 valence electrons. The van der Waals surface area contributed by atoms with Crippen LogP contribution in [-0.4, -0.2) is 43.9 Å². The van der Waals surface area contributed by atoms with Crippen molar-refractivity contribution in [3.63, 3.8) is 0 Å². The van der Waals surface area contributed by atoms with Gasteiger partial charge in [-0.15, -0.1) is 0 Å². The first-order valence-corrected chi connectivity index (χ1v) is 13.2. The van der Waals surface area contributed by atoms with Crippen LogP contribution in [0.4, 0.5) is 13.2 Å². The van der Waals surface area contributed by atoms with Gasteiger partial charge < -0.3 is 18.9 Å². The zero-order chi connectivity index (χ0) is 29.2. The maximum Gasteiger partial charge on any atom is 0.389 e. The largest absolute Gasteiger partial charge is 0.494 e. The number of carbonyl (C=O) groups excluding carboxylic acids is 3. The summed E-state index contributed by atoms with van der Waals surface area (Å²) in [6.45, 7) is 2.12. The molecule has 0 spiro atoms. The number of carbonyl (C=O) groups is 3. The molecule has 0 N–H and O–H groups in total. The Kier molecular flexibility index (Phi) is 14.3. The van der Waals surface area contributed by atoms with Crippen LogP contribution in [0.5, 0.6) is 11.5 Å². The van der Waals surface area contributed by atoms with Crippen LogP contribution in [0.2, 0.25) is 0 Å². The number of unbranched alkanes of at least 4 members (excludes halogenated alkanes) is 5. The minimum absolute atomic E-state index is 0.0793. The van der Waals surface area contributed by atoms with Gasteiger partial charge in [-0.25, -0.2) is 9.59 Å². The molecule has 2 rings (SSSR count). The second-order valence-corrected chi connectivity index (χ2v) is 9.01. The molecular weight excluding hydrogens is 529 g/mol. The number of halogens is 3. The first-order chi connectivity index (χ1) is 19.1. The fourth-order valence-corrected chi connectivity index (χ4v) is 3.48. The van der Waals surface area contributed by atoms with Gasteiger partial charge in [0.25, 0.3) is 0 Å². The third-order valence-electron chi connectivity index (χ3n) is 5.55. The number of alkyl halides is 3. The van der Waals surface area contributed by atoms with E-state index in [0.29, 0.717) is 24.7 Å². The number of hydrogen-bond donors (Lipinski definition) is 0. The molecule has 0 bridgehead atoms. The summed E-state index contributed by atoms with van der Waals surface area (Å²) in [6.07, 6.45) is 3.31. The van der Waals surface area contributed by atoms with Gasteiger partial charge in [-0.2, -0.15) is 13.2 Å². The summed E-state index contributed by atoms with van der Waals surface area (Å²) in [6, 6.07) is 12.5. The molecule has 0 aliphatic carbocycles. The summed E-state index contributed by atoms with van der Waals surface area (Å²) in [5.41, 5.74) is 0.978. The Bertz CT molecular complexity index is 1080. The zero-order valence-corrected chi connectivity index (χ0v) is 22.5. The molecule has 0 amide bonds. The quantitative estimate of drug-likeness (QED) is 0.0877. The predicted molar refractivity (Wildman–Crippen MR) is 143 cm³/mol. The lowest BCUT2D eigenvalue weighted by Crippen LogP contribution is -2.10. The Hall–Kier alpha value is -3.82. The number of ether oxygens (including phenoxy) is 4. The van der Waals surface area contributed by atoms with E-state index >= 15 is 0 Å². The molecule has 0 saturated carbocycles. The van der Waals surface area contributed by atoms with Crippen molar-refractivity contribution in [2.75, 3.05) is 19.8 Å². The van der Waals surface area contributed by atoms with E-state index in [1.54, 1.807) is 30.3 Å². The minimum Gasteiger partial charge on any atom is -0.494 e. The molecule has 0 radical (unpaired) electrons. The van der Waals surface area contributed by atoms with Gasteiger partial charge in [-0.1, -0.05) is 37.8 Å². The maximum atomic E-state index is 12.4. The fourth-order valence-electron chi connectivity index (χ4n) is 3.48. The first-order valence-electron chi connectivity index (χ1n) is 13.2. The number of benzene rings is 2. The van der Waals surface area contributed by atoms with Crippen LogP contribution in [0.1, 0.15) is 74.2 Å². The summed E-state index contributed by atoms with van der Waals surface area (Å²) >= 11 is 0. The monoisotopic (exact) mass is 564 g/mol.